The standard InChI is InChI=1S/C7H11N2S2/c1-5(2)4-6-8-9-7(10-3)11-6/h5H,3-4H2,1-2H3. The normalized spacial score (nSPS) is 10.9. The Hall–Kier alpha value is -0.0900. The summed E-state index contributed by atoms with van der Waals surface area (Å²) in [6.45, 7) is 4.36. The molecule has 61 valence electrons. The molecule has 0 aliphatic heterocycles. The molecule has 0 fully saturated rings. The molecular weight excluding hydrogens is 176 g/mol. The Morgan fingerprint density at radius 3 is 2.73 bits per heavy atom. The largest absolute Gasteiger partial charge is 0.174 e. The lowest BCUT2D eigenvalue weighted by atomic mass is 10.1. The van der Waals surface area contributed by atoms with Crippen LogP contribution in [0.15, 0.2) is 4.34 Å². The van der Waals surface area contributed by atoms with E-state index in [1.54, 1.807) is 11.3 Å². The molecule has 0 aliphatic rings. The van der Waals surface area contributed by atoms with Gasteiger partial charge in [0.25, 0.3) is 0 Å². The van der Waals surface area contributed by atoms with Gasteiger partial charge in [-0.15, -0.1) is 10.2 Å². The van der Waals surface area contributed by atoms with E-state index in [4.69, 9.17) is 0 Å². The Labute approximate surface area is 75.4 Å². The molecule has 11 heavy (non-hydrogen) atoms. The van der Waals surface area contributed by atoms with Gasteiger partial charge in [-0.25, -0.2) is 0 Å². The van der Waals surface area contributed by atoms with Gasteiger partial charge in [-0.05, 0) is 5.92 Å². The fourth-order valence-corrected chi connectivity index (χ4v) is 2.13. The van der Waals surface area contributed by atoms with Crippen molar-refractivity contribution in [2.24, 2.45) is 5.92 Å². The average Bonchev–Trinajstić information content (AvgIpc) is 2.34. The van der Waals surface area contributed by atoms with Gasteiger partial charge in [0.2, 0.25) is 0 Å². The predicted octanol–water partition coefficient (Wildman–Crippen LogP) is 2.62. The summed E-state index contributed by atoms with van der Waals surface area (Å²) in [5, 5.41) is 9.11. The van der Waals surface area contributed by atoms with Gasteiger partial charge in [0.1, 0.15) is 5.01 Å². The van der Waals surface area contributed by atoms with Gasteiger partial charge in [-0.2, -0.15) is 0 Å². The molecular formula is C7H11N2S2. The number of hydrogen-bond donors (Lipinski definition) is 0. The molecule has 0 aromatic carbocycles. The third-order valence-electron chi connectivity index (χ3n) is 1.15. The Morgan fingerprint density at radius 1 is 1.55 bits per heavy atom. The van der Waals surface area contributed by atoms with Crippen molar-refractivity contribution in [3.8, 4) is 0 Å². The van der Waals surface area contributed by atoms with E-state index < -0.39 is 0 Å². The minimum absolute atomic E-state index is 0.658. The van der Waals surface area contributed by atoms with Gasteiger partial charge >= 0.3 is 0 Å². The van der Waals surface area contributed by atoms with Crippen LogP contribution in [0.4, 0.5) is 0 Å². The Balaban J connectivity index is 2.58. The number of aromatic nitrogens is 2. The van der Waals surface area contributed by atoms with Gasteiger partial charge in [0.15, 0.2) is 4.34 Å². The van der Waals surface area contributed by atoms with Crippen molar-refractivity contribution in [3.05, 3.63) is 11.3 Å². The Bertz CT molecular complexity index is 220. The second kappa shape index (κ2) is 4.07. The summed E-state index contributed by atoms with van der Waals surface area (Å²) in [5.41, 5.74) is 0. The molecule has 0 spiro atoms. The first kappa shape index (κ1) is 9.00. The first-order chi connectivity index (χ1) is 5.22. The highest BCUT2D eigenvalue weighted by atomic mass is 32.2. The van der Waals surface area contributed by atoms with E-state index in [9.17, 15) is 0 Å². The molecule has 4 heteroatoms. The molecule has 0 bridgehead atoms. The van der Waals surface area contributed by atoms with Gasteiger partial charge in [0, 0.05) is 12.7 Å². The lowest BCUT2D eigenvalue weighted by molar-refractivity contribution is 0.639. The van der Waals surface area contributed by atoms with Crippen molar-refractivity contribution in [1.82, 2.24) is 10.2 Å². The van der Waals surface area contributed by atoms with Crippen LogP contribution in [-0.2, 0) is 6.42 Å². The number of hydrogen-bond acceptors (Lipinski definition) is 4. The van der Waals surface area contributed by atoms with Crippen LogP contribution in [0, 0.1) is 12.2 Å². The van der Waals surface area contributed by atoms with Crippen molar-refractivity contribution < 1.29 is 0 Å². The molecule has 1 rings (SSSR count). The molecule has 0 saturated carbocycles. The minimum Gasteiger partial charge on any atom is -0.143 e. The molecule has 0 amide bonds. The number of rotatable bonds is 3. The third-order valence-corrected chi connectivity index (χ3v) is 2.83. The van der Waals surface area contributed by atoms with Crippen LogP contribution in [0.3, 0.4) is 0 Å². The number of nitrogens with zero attached hydrogens (tertiary/aromatic N) is 2. The highest BCUT2D eigenvalue weighted by Gasteiger charge is 2.04. The maximum atomic E-state index is 4.03. The zero-order chi connectivity index (χ0) is 8.27. The average molecular weight is 187 g/mol. The van der Waals surface area contributed by atoms with E-state index in [0.717, 1.165) is 15.8 Å². The lowest BCUT2D eigenvalue weighted by Crippen LogP contribution is -1.92. The van der Waals surface area contributed by atoms with Gasteiger partial charge in [0.05, 0.1) is 0 Å². The first-order valence-corrected chi connectivity index (χ1v) is 5.27. The number of thioether (sulfide) groups is 1. The van der Waals surface area contributed by atoms with E-state index in [1.807, 2.05) is 0 Å². The van der Waals surface area contributed by atoms with Crippen molar-refractivity contribution in [3.63, 3.8) is 0 Å². The summed E-state index contributed by atoms with van der Waals surface area (Å²) >= 11 is 3.05. The minimum atomic E-state index is 0.658. The lowest BCUT2D eigenvalue weighted by Gasteiger charge is -1.96. The van der Waals surface area contributed by atoms with Crippen LogP contribution in [0.1, 0.15) is 18.9 Å². The van der Waals surface area contributed by atoms with Gasteiger partial charge < -0.3 is 0 Å². The molecule has 0 saturated heterocycles. The van der Waals surface area contributed by atoms with Gasteiger partial charge in [-0.1, -0.05) is 36.9 Å². The molecule has 1 heterocycles. The fraction of sp³-hybridized carbons (Fsp3) is 0.571. The molecule has 0 N–H and O–H groups in total. The van der Waals surface area contributed by atoms with Gasteiger partial charge in [-0.3, -0.25) is 0 Å². The van der Waals surface area contributed by atoms with E-state index in [-0.39, 0.29) is 0 Å². The smallest absolute Gasteiger partial charge is 0.143 e. The fourth-order valence-electron chi connectivity index (χ4n) is 0.728. The highest BCUT2D eigenvalue weighted by Crippen LogP contribution is 2.22. The van der Waals surface area contributed by atoms with Crippen molar-refractivity contribution in [2.75, 3.05) is 0 Å². The summed E-state index contributed by atoms with van der Waals surface area (Å²) in [4.78, 5) is 0. The first-order valence-electron chi connectivity index (χ1n) is 3.46. The van der Waals surface area contributed by atoms with Crippen LogP contribution in [0.2, 0.25) is 0 Å². The van der Waals surface area contributed by atoms with Crippen molar-refractivity contribution in [2.45, 2.75) is 24.6 Å². The summed E-state index contributed by atoms with van der Waals surface area (Å²) in [5.74, 6) is 0.658. The molecule has 0 atom stereocenters. The van der Waals surface area contributed by atoms with E-state index >= 15 is 0 Å². The maximum Gasteiger partial charge on any atom is 0.174 e. The van der Waals surface area contributed by atoms with E-state index in [1.165, 1.54) is 11.8 Å². The second-order valence-electron chi connectivity index (χ2n) is 2.70. The summed E-state index contributed by atoms with van der Waals surface area (Å²) in [6, 6.07) is 0. The molecule has 1 radical (unpaired) electrons. The molecule has 1 aromatic heterocycles. The Morgan fingerprint density at radius 2 is 2.27 bits per heavy atom. The Kier molecular flexibility index (Phi) is 3.33. The monoisotopic (exact) mass is 187 g/mol. The SMILES string of the molecule is [CH2]Sc1nnc(CC(C)C)s1. The zero-order valence-corrected chi connectivity index (χ0v) is 8.34. The van der Waals surface area contributed by atoms with E-state index in [2.05, 4.69) is 30.3 Å². The third kappa shape index (κ3) is 2.79. The van der Waals surface area contributed by atoms with Crippen LogP contribution >= 0.6 is 23.1 Å². The van der Waals surface area contributed by atoms with Crippen LogP contribution < -0.4 is 0 Å². The maximum absolute atomic E-state index is 4.03. The zero-order valence-electron chi connectivity index (χ0n) is 6.70. The molecule has 2 nitrogen and oxygen atoms in total. The summed E-state index contributed by atoms with van der Waals surface area (Å²) in [6.07, 6.45) is 4.70. The summed E-state index contributed by atoms with van der Waals surface area (Å²) < 4.78 is 0.959. The van der Waals surface area contributed by atoms with Crippen molar-refractivity contribution >= 4 is 23.1 Å². The topological polar surface area (TPSA) is 25.8 Å². The molecule has 0 unspecified atom stereocenters. The van der Waals surface area contributed by atoms with Crippen molar-refractivity contribution in [1.29, 1.82) is 0 Å². The van der Waals surface area contributed by atoms with Crippen LogP contribution in [0.25, 0.3) is 0 Å². The highest BCUT2D eigenvalue weighted by molar-refractivity contribution is 8.02. The van der Waals surface area contributed by atoms with E-state index in [0.29, 0.717) is 5.92 Å². The predicted molar refractivity (Wildman–Crippen MR) is 49.7 cm³/mol. The second-order valence-corrected chi connectivity index (χ2v) is 4.70. The summed E-state index contributed by atoms with van der Waals surface area (Å²) in [7, 11) is 0. The van der Waals surface area contributed by atoms with Crippen LogP contribution in [-0.4, -0.2) is 10.2 Å². The molecule has 1 aromatic rings. The molecule has 0 aliphatic carbocycles. The van der Waals surface area contributed by atoms with Crippen LogP contribution in [0.5, 0.6) is 0 Å². The quantitative estimate of drug-likeness (QED) is 0.680.